The summed E-state index contributed by atoms with van der Waals surface area (Å²) >= 11 is 0. The van der Waals surface area contributed by atoms with Gasteiger partial charge in [0, 0.05) is 37.9 Å². The molecule has 0 bridgehead atoms. The first kappa shape index (κ1) is 23.8. The number of hydrogen-bond acceptors (Lipinski definition) is 4. The SMILES string of the molecule is CC1C2CN(c3cc(C(F)(F)F)ccn3)CCN2C(=O)[C@]12CC[C@@H](NC1CCc3ccccc3C1)C2. The van der Waals surface area contributed by atoms with Crippen molar-refractivity contribution < 1.29 is 18.0 Å². The van der Waals surface area contributed by atoms with E-state index in [1.54, 1.807) is 0 Å². The molecule has 2 aliphatic heterocycles. The fourth-order valence-electron chi connectivity index (χ4n) is 7.31. The van der Waals surface area contributed by atoms with Crippen LogP contribution in [0, 0.1) is 11.3 Å². The summed E-state index contributed by atoms with van der Waals surface area (Å²) in [5, 5.41) is 3.89. The van der Waals surface area contributed by atoms with Crippen LogP contribution in [0.25, 0.3) is 0 Å². The van der Waals surface area contributed by atoms with E-state index in [1.807, 2.05) is 9.80 Å². The van der Waals surface area contributed by atoms with Gasteiger partial charge in [0.05, 0.1) is 17.0 Å². The predicted octanol–water partition coefficient (Wildman–Crippen LogP) is 4.45. The van der Waals surface area contributed by atoms with Gasteiger partial charge in [-0.1, -0.05) is 31.2 Å². The lowest BCUT2D eigenvalue weighted by Gasteiger charge is -2.39. The van der Waals surface area contributed by atoms with Crippen molar-refractivity contribution in [2.45, 2.75) is 69.8 Å². The van der Waals surface area contributed by atoms with Crippen LogP contribution in [0.4, 0.5) is 19.0 Å². The number of halogens is 3. The van der Waals surface area contributed by atoms with Gasteiger partial charge in [-0.15, -0.1) is 0 Å². The minimum atomic E-state index is -4.40. The average Bonchev–Trinajstić information content (AvgIpc) is 3.39. The lowest BCUT2D eigenvalue weighted by molar-refractivity contribution is -0.138. The highest BCUT2D eigenvalue weighted by Gasteiger charge is 2.60. The molecule has 3 unspecified atom stereocenters. The zero-order valence-electron chi connectivity index (χ0n) is 20.6. The van der Waals surface area contributed by atoms with E-state index in [2.05, 4.69) is 41.5 Å². The van der Waals surface area contributed by atoms with Crippen LogP contribution in [0.2, 0.25) is 0 Å². The molecular formula is C28H33F3N4O. The van der Waals surface area contributed by atoms with Crippen molar-refractivity contribution in [2.75, 3.05) is 24.5 Å². The highest BCUT2D eigenvalue weighted by molar-refractivity contribution is 5.87. The maximum Gasteiger partial charge on any atom is 0.416 e. The molecule has 2 aromatic rings. The fraction of sp³-hybridized carbons (Fsp3) is 0.571. The van der Waals surface area contributed by atoms with Gasteiger partial charge >= 0.3 is 6.18 Å². The second-order valence-corrected chi connectivity index (χ2v) is 11.2. The predicted molar refractivity (Wildman–Crippen MR) is 132 cm³/mol. The van der Waals surface area contributed by atoms with Crippen molar-refractivity contribution in [1.82, 2.24) is 15.2 Å². The third-order valence-electron chi connectivity index (χ3n) is 9.32. The summed E-state index contributed by atoms with van der Waals surface area (Å²) in [6.07, 6.45) is 2.81. The lowest BCUT2D eigenvalue weighted by atomic mass is 9.74. The number of alkyl halides is 3. The molecule has 1 N–H and O–H groups in total. The van der Waals surface area contributed by atoms with Crippen LogP contribution < -0.4 is 10.2 Å². The first-order valence-corrected chi connectivity index (χ1v) is 13.2. The third kappa shape index (κ3) is 3.98. The van der Waals surface area contributed by atoms with E-state index in [0.29, 0.717) is 37.5 Å². The van der Waals surface area contributed by atoms with Crippen LogP contribution >= 0.6 is 0 Å². The van der Waals surface area contributed by atoms with Gasteiger partial charge in [-0.25, -0.2) is 4.98 Å². The molecule has 36 heavy (non-hydrogen) atoms. The molecule has 8 heteroatoms. The number of aromatic nitrogens is 1. The molecule has 1 amide bonds. The molecule has 1 saturated carbocycles. The molecule has 2 saturated heterocycles. The number of hydrogen-bond donors (Lipinski definition) is 1. The quantitative estimate of drug-likeness (QED) is 0.679. The molecule has 5 atom stereocenters. The maximum absolute atomic E-state index is 13.7. The summed E-state index contributed by atoms with van der Waals surface area (Å²) in [6, 6.07) is 11.6. The number of anilines is 1. The molecule has 3 heterocycles. The van der Waals surface area contributed by atoms with Gasteiger partial charge in [0.1, 0.15) is 5.82 Å². The minimum Gasteiger partial charge on any atom is -0.353 e. The molecule has 4 aliphatic rings. The lowest BCUT2D eigenvalue weighted by Crippen LogP contribution is -2.53. The molecular weight excluding hydrogens is 465 g/mol. The van der Waals surface area contributed by atoms with Crippen molar-refractivity contribution >= 4 is 11.7 Å². The molecule has 5 nitrogen and oxygen atoms in total. The van der Waals surface area contributed by atoms with Gasteiger partial charge in [0.15, 0.2) is 0 Å². The minimum absolute atomic E-state index is 0.00269. The van der Waals surface area contributed by atoms with Gasteiger partial charge in [-0.3, -0.25) is 4.79 Å². The van der Waals surface area contributed by atoms with E-state index in [9.17, 15) is 18.0 Å². The number of rotatable bonds is 3. The van der Waals surface area contributed by atoms with Crippen molar-refractivity contribution in [1.29, 1.82) is 0 Å². The Bertz CT molecular complexity index is 1150. The Balaban J connectivity index is 1.14. The van der Waals surface area contributed by atoms with E-state index in [4.69, 9.17) is 0 Å². The Labute approximate surface area is 210 Å². The molecule has 1 aromatic heterocycles. The van der Waals surface area contributed by atoms with Gasteiger partial charge < -0.3 is 15.1 Å². The normalized spacial score (nSPS) is 32.2. The highest BCUT2D eigenvalue weighted by atomic mass is 19.4. The van der Waals surface area contributed by atoms with Crippen molar-refractivity contribution in [3.05, 3.63) is 59.3 Å². The third-order valence-corrected chi connectivity index (χ3v) is 9.32. The first-order chi connectivity index (χ1) is 17.2. The summed E-state index contributed by atoms with van der Waals surface area (Å²) in [5.74, 6) is 0.737. The van der Waals surface area contributed by atoms with E-state index in [-0.39, 0.29) is 23.3 Å². The molecule has 192 valence electrons. The molecule has 0 radical (unpaired) electrons. The number of piperazine rings is 1. The number of benzene rings is 1. The van der Waals surface area contributed by atoms with Gasteiger partial charge in [-0.2, -0.15) is 13.2 Å². The maximum atomic E-state index is 13.7. The Morgan fingerprint density at radius 2 is 1.89 bits per heavy atom. The van der Waals surface area contributed by atoms with Crippen molar-refractivity contribution in [3.63, 3.8) is 0 Å². The number of fused-ring (bicyclic) bond motifs is 2. The van der Waals surface area contributed by atoms with Crippen LogP contribution in [0.5, 0.6) is 0 Å². The Hall–Kier alpha value is -2.61. The zero-order chi connectivity index (χ0) is 25.1. The first-order valence-electron chi connectivity index (χ1n) is 13.2. The van der Waals surface area contributed by atoms with Gasteiger partial charge in [0.2, 0.25) is 5.91 Å². The summed E-state index contributed by atoms with van der Waals surface area (Å²) < 4.78 is 39.7. The molecule has 3 fully saturated rings. The van der Waals surface area contributed by atoms with Crippen LogP contribution in [0.15, 0.2) is 42.6 Å². The van der Waals surface area contributed by atoms with Crippen LogP contribution in [-0.4, -0.2) is 53.6 Å². The van der Waals surface area contributed by atoms with Crippen molar-refractivity contribution in [3.8, 4) is 0 Å². The van der Waals surface area contributed by atoms with Crippen LogP contribution in [0.3, 0.4) is 0 Å². The highest BCUT2D eigenvalue weighted by Crippen LogP contribution is 2.53. The monoisotopic (exact) mass is 498 g/mol. The van der Waals surface area contributed by atoms with E-state index in [0.717, 1.165) is 50.7 Å². The van der Waals surface area contributed by atoms with E-state index >= 15 is 0 Å². The summed E-state index contributed by atoms with van der Waals surface area (Å²) in [5.41, 5.74) is 1.83. The number of carbonyl (C=O) groups excluding carboxylic acids is 1. The van der Waals surface area contributed by atoms with Gasteiger partial charge in [0.25, 0.3) is 0 Å². The Kier molecular flexibility index (Phi) is 5.78. The summed E-state index contributed by atoms with van der Waals surface area (Å²) in [6.45, 7) is 3.73. The fourth-order valence-corrected chi connectivity index (χ4v) is 7.31. The zero-order valence-corrected chi connectivity index (χ0v) is 20.6. The number of pyridine rings is 1. The molecule has 1 spiro atoms. The second-order valence-electron chi connectivity index (χ2n) is 11.2. The Morgan fingerprint density at radius 3 is 2.69 bits per heavy atom. The number of amides is 1. The number of nitrogens with zero attached hydrogens (tertiary/aromatic N) is 3. The summed E-state index contributed by atoms with van der Waals surface area (Å²) in [7, 11) is 0. The molecule has 2 aliphatic carbocycles. The van der Waals surface area contributed by atoms with E-state index in [1.165, 1.54) is 17.3 Å². The standard InChI is InChI=1S/C28H33F3N4O/c1-18-24-17-34(25-15-21(9-11-32-25)28(29,30)31)12-13-35(24)26(36)27(18)10-8-23(16-27)33-22-7-6-19-4-2-3-5-20(19)14-22/h2-5,9,11,15,18,22-24,33H,6-8,10,12-14,16-17H2,1H3/t18?,22?,23-,24?,27+/m1/s1. The van der Waals surface area contributed by atoms with Crippen molar-refractivity contribution in [2.24, 2.45) is 11.3 Å². The number of carbonyl (C=O) groups is 1. The van der Waals surface area contributed by atoms with Crippen LogP contribution in [-0.2, 0) is 23.8 Å². The number of nitrogens with one attached hydrogen (secondary N) is 1. The smallest absolute Gasteiger partial charge is 0.353 e. The van der Waals surface area contributed by atoms with Gasteiger partial charge in [-0.05, 0) is 67.7 Å². The van der Waals surface area contributed by atoms with E-state index < -0.39 is 11.7 Å². The molecule has 6 rings (SSSR count). The average molecular weight is 499 g/mol. The Morgan fingerprint density at radius 1 is 1.08 bits per heavy atom. The second kappa shape index (κ2) is 8.75. The van der Waals surface area contributed by atoms with Crippen LogP contribution in [0.1, 0.15) is 49.3 Å². The molecule has 1 aromatic carbocycles. The largest absolute Gasteiger partial charge is 0.416 e. The number of aryl methyl sites for hydroxylation is 1. The summed E-state index contributed by atoms with van der Waals surface area (Å²) in [4.78, 5) is 21.9. The topological polar surface area (TPSA) is 48.5 Å².